The molecule has 32 heavy (non-hydrogen) atoms. The molecule has 0 radical (unpaired) electrons. The third kappa shape index (κ3) is 5.00. The van der Waals surface area contributed by atoms with E-state index in [4.69, 9.17) is 20.8 Å². The highest BCUT2D eigenvalue weighted by atomic mass is 35.5. The molecule has 0 atom stereocenters. The summed E-state index contributed by atoms with van der Waals surface area (Å²) in [6.45, 7) is 2.94. The van der Waals surface area contributed by atoms with Crippen LogP contribution in [0.3, 0.4) is 0 Å². The number of nitrogens with one attached hydrogen (secondary N) is 1. The van der Waals surface area contributed by atoms with E-state index in [1.807, 2.05) is 10.8 Å². The van der Waals surface area contributed by atoms with E-state index >= 15 is 0 Å². The molecule has 0 spiro atoms. The number of rotatable bonds is 8. The van der Waals surface area contributed by atoms with Gasteiger partial charge in [-0.1, -0.05) is 23.7 Å². The van der Waals surface area contributed by atoms with Gasteiger partial charge in [0.05, 0.1) is 17.3 Å². The van der Waals surface area contributed by atoms with E-state index in [1.165, 1.54) is 0 Å². The van der Waals surface area contributed by atoms with E-state index in [-0.39, 0.29) is 17.9 Å². The quantitative estimate of drug-likeness (QED) is 0.406. The van der Waals surface area contributed by atoms with Crippen LogP contribution >= 0.6 is 11.6 Å². The highest BCUT2D eigenvalue weighted by molar-refractivity contribution is 6.30. The Labute approximate surface area is 189 Å². The summed E-state index contributed by atoms with van der Waals surface area (Å²) in [5.74, 6) is 0.733. The lowest BCUT2D eigenvalue weighted by molar-refractivity contribution is -0.123. The summed E-state index contributed by atoms with van der Waals surface area (Å²) >= 11 is 5.95. The average Bonchev–Trinajstić information content (AvgIpc) is 3.30. The average molecular weight is 452 g/mol. The maximum Gasteiger partial charge on any atom is 0.257 e. The Bertz CT molecular complexity index is 1280. The first-order valence-corrected chi connectivity index (χ1v) is 10.6. The first kappa shape index (κ1) is 21.6. The van der Waals surface area contributed by atoms with Gasteiger partial charge in [-0.3, -0.25) is 9.59 Å². The highest BCUT2D eigenvalue weighted by Crippen LogP contribution is 2.27. The summed E-state index contributed by atoms with van der Waals surface area (Å²) in [4.78, 5) is 29.1. The fraction of sp³-hybridized carbons (Fsp3) is 0.208. The number of amides is 1. The molecule has 1 N–H and O–H groups in total. The third-order valence-corrected chi connectivity index (χ3v) is 5.27. The second-order valence-electron chi connectivity index (χ2n) is 7.32. The smallest absolute Gasteiger partial charge is 0.257 e. The molecule has 1 amide bonds. The Morgan fingerprint density at radius 2 is 2.03 bits per heavy atom. The lowest BCUT2D eigenvalue weighted by atomic mass is 10.0. The van der Waals surface area contributed by atoms with Gasteiger partial charge in [0, 0.05) is 36.6 Å². The van der Waals surface area contributed by atoms with Crippen LogP contribution in [0.25, 0.3) is 22.1 Å². The summed E-state index contributed by atoms with van der Waals surface area (Å²) < 4.78 is 13.4. The minimum Gasteiger partial charge on any atom is -0.484 e. The first-order valence-electron chi connectivity index (χ1n) is 10.2. The number of aryl methyl sites for hydroxylation is 2. The maximum atomic E-state index is 13.0. The van der Waals surface area contributed by atoms with Gasteiger partial charge in [0.25, 0.3) is 5.91 Å². The Balaban J connectivity index is 1.40. The number of carbonyl (C=O) groups is 1. The van der Waals surface area contributed by atoms with Gasteiger partial charge in [-0.05, 0) is 43.2 Å². The van der Waals surface area contributed by atoms with E-state index in [0.29, 0.717) is 39.6 Å². The molecule has 4 aromatic rings. The van der Waals surface area contributed by atoms with Crippen LogP contribution in [-0.4, -0.2) is 28.6 Å². The molecule has 0 saturated heterocycles. The van der Waals surface area contributed by atoms with Crippen molar-refractivity contribution in [3.05, 3.63) is 82.2 Å². The van der Waals surface area contributed by atoms with Crippen molar-refractivity contribution in [3.8, 4) is 16.9 Å². The van der Waals surface area contributed by atoms with Crippen molar-refractivity contribution in [3.63, 3.8) is 0 Å². The van der Waals surface area contributed by atoms with Crippen LogP contribution in [0, 0.1) is 6.92 Å². The van der Waals surface area contributed by atoms with E-state index in [1.54, 1.807) is 61.9 Å². The van der Waals surface area contributed by atoms with Gasteiger partial charge >= 0.3 is 0 Å². The molecule has 2 heterocycles. The summed E-state index contributed by atoms with van der Waals surface area (Å²) in [6, 6.07) is 12.0. The molecule has 0 unspecified atom stereocenters. The molecule has 0 saturated carbocycles. The number of imidazole rings is 1. The van der Waals surface area contributed by atoms with Crippen molar-refractivity contribution in [1.82, 2.24) is 14.9 Å². The standard InChI is InChI=1S/C24H22ClN3O4/c1-16-23(17-3-5-18(25)6-4-17)24(30)20-8-7-19(13-21(20)32-16)31-14-22(29)27-9-2-11-28-12-10-26-15-28/h3-8,10,12-13,15H,2,9,11,14H2,1H3,(H,27,29). The number of carbonyl (C=O) groups excluding carboxylic acids is 1. The summed E-state index contributed by atoms with van der Waals surface area (Å²) in [5.41, 5.74) is 1.52. The predicted octanol–water partition coefficient (Wildman–Crippen LogP) is 4.20. The zero-order valence-corrected chi connectivity index (χ0v) is 18.3. The van der Waals surface area contributed by atoms with Crippen molar-refractivity contribution < 1.29 is 13.9 Å². The number of aromatic nitrogens is 2. The zero-order chi connectivity index (χ0) is 22.5. The largest absolute Gasteiger partial charge is 0.484 e. The first-order chi connectivity index (χ1) is 15.5. The molecule has 4 rings (SSSR count). The molecule has 0 fully saturated rings. The van der Waals surface area contributed by atoms with E-state index < -0.39 is 0 Å². The van der Waals surface area contributed by atoms with Crippen LogP contribution in [-0.2, 0) is 11.3 Å². The van der Waals surface area contributed by atoms with Crippen LogP contribution in [0.4, 0.5) is 0 Å². The Kier molecular flexibility index (Phi) is 6.56. The van der Waals surface area contributed by atoms with Crippen molar-refractivity contribution in [1.29, 1.82) is 0 Å². The number of ether oxygens (including phenoxy) is 1. The van der Waals surface area contributed by atoms with Gasteiger partial charge in [0.1, 0.15) is 17.1 Å². The maximum absolute atomic E-state index is 13.0. The molecular formula is C24H22ClN3O4. The second-order valence-corrected chi connectivity index (χ2v) is 7.76. The molecule has 7 nitrogen and oxygen atoms in total. The fourth-order valence-electron chi connectivity index (χ4n) is 3.43. The van der Waals surface area contributed by atoms with Crippen LogP contribution in [0.1, 0.15) is 12.2 Å². The van der Waals surface area contributed by atoms with Crippen LogP contribution in [0.5, 0.6) is 5.75 Å². The van der Waals surface area contributed by atoms with E-state index in [9.17, 15) is 9.59 Å². The Morgan fingerprint density at radius 1 is 1.22 bits per heavy atom. The van der Waals surface area contributed by atoms with Crippen LogP contribution in [0.15, 0.2) is 70.4 Å². The predicted molar refractivity (Wildman–Crippen MR) is 123 cm³/mol. The third-order valence-electron chi connectivity index (χ3n) is 5.02. The fourth-order valence-corrected chi connectivity index (χ4v) is 3.56. The highest BCUT2D eigenvalue weighted by Gasteiger charge is 2.14. The van der Waals surface area contributed by atoms with Crippen molar-refractivity contribution in [2.75, 3.05) is 13.2 Å². The SMILES string of the molecule is Cc1oc2cc(OCC(=O)NCCCn3ccnc3)ccc2c(=O)c1-c1ccc(Cl)cc1. The molecule has 164 valence electrons. The second kappa shape index (κ2) is 9.70. The van der Waals surface area contributed by atoms with Gasteiger partial charge in [-0.15, -0.1) is 0 Å². The van der Waals surface area contributed by atoms with E-state index in [0.717, 1.165) is 18.5 Å². The Hall–Kier alpha value is -3.58. The number of hydrogen-bond acceptors (Lipinski definition) is 5. The molecule has 0 aliphatic rings. The molecule has 0 aliphatic carbocycles. The Morgan fingerprint density at radius 3 is 2.78 bits per heavy atom. The lowest BCUT2D eigenvalue weighted by Crippen LogP contribution is -2.30. The van der Waals surface area contributed by atoms with Crippen LogP contribution < -0.4 is 15.5 Å². The topological polar surface area (TPSA) is 86.4 Å². The number of hydrogen-bond donors (Lipinski definition) is 1. The monoisotopic (exact) mass is 451 g/mol. The normalized spacial score (nSPS) is 10.9. The number of halogens is 1. The van der Waals surface area contributed by atoms with Crippen molar-refractivity contribution in [2.24, 2.45) is 0 Å². The molecule has 0 bridgehead atoms. The zero-order valence-electron chi connectivity index (χ0n) is 17.5. The van der Waals surface area contributed by atoms with Crippen LogP contribution in [0.2, 0.25) is 5.02 Å². The molecule has 2 aromatic carbocycles. The van der Waals surface area contributed by atoms with Gasteiger partial charge in [0.15, 0.2) is 6.61 Å². The van der Waals surface area contributed by atoms with Gasteiger partial charge in [0.2, 0.25) is 5.43 Å². The number of nitrogens with zero attached hydrogens (tertiary/aromatic N) is 2. The molecule has 8 heteroatoms. The summed E-state index contributed by atoms with van der Waals surface area (Å²) in [7, 11) is 0. The lowest BCUT2D eigenvalue weighted by Gasteiger charge is -2.10. The molecule has 2 aromatic heterocycles. The number of fused-ring (bicyclic) bond motifs is 1. The number of benzene rings is 2. The van der Waals surface area contributed by atoms with Gasteiger partial charge < -0.3 is 19.0 Å². The van der Waals surface area contributed by atoms with Crippen molar-refractivity contribution >= 4 is 28.5 Å². The minimum absolute atomic E-state index is 0.122. The molecule has 0 aliphatic heterocycles. The minimum atomic E-state index is -0.216. The summed E-state index contributed by atoms with van der Waals surface area (Å²) in [5, 5.41) is 3.86. The van der Waals surface area contributed by atoms with Gasteiger partial charge in [-0.2, -0.15) is 0 Å². The molecular weight excluding hydrogens is 430 g/mol. The van der Waals surface area contributed by atoms with Gasteiger partial charge in [-0.25, -0.2) is 4.98 Å². The van der Waals surface area contributed by atoms with Crippen molar-refractivity contribution in [2.45, 2.75) is 19.9 Å². The summed E-state index contributed by atoms with van der Waals surface area (Å²) in [6.07, 6.45) is 6.13. The van der Waals surface area contributed by atoms with E-state index in [2.05, 4.69) is 10.3 Å².